The van der Waals surface area contributed by atoms with Crippen molar-refractivity contribution in [1.29, 1.82) is 0 Å². The molecule has 0 aliphatic carbocycles. The molecule has 100 valence electrons. The van der Waals surface area contributed by atoms with Gasteiger partial charge in [0.1, 0.15) is 5.75 Å². The number of hydrogen-bond donors (Lipinski definition) is 2. The van der Waals surface area contributed by atoms with Gasteiger partial charge >= 0.3 is 0 Å². The van der Waals surface area contributed by atoms with E-state index in [2.05, 4.69) is 11.8 Å². The SMILES string of the molecule is CCCN(CCC(N)=O)c1ccc(N)c(OC)c1. The smallest absolute Gasteiger partial charge is 0.219 e. The molecule has 5 nitrogen and oxygen atoms in total. The number of nitrogen functional groups attached to an aromatic ring is 1. The van der Waals surface area contributed by atoms with Crippen LogP contribution in [0.5, 0.6) is 5.75 Å². The first-order valence-electron chi connectivity index (χ1n) is 6.05. The second-order valence-electron chi connectivity index (χ2n) is 4.13. The van der Waals surface area contributed by atoms with Crippen LogP contribution in [0.3, 0.4) is 0 Å². The van der Waals surface area contributed by atoms with Crippen LogP contribution < -0.4 is 21.1 Å². The van der Waals surface area contributed by atoms with E-state index in [1.54, 1.807) is 13.2 Å². The zero-order chi connectivity index (χ0) is 13.5. The molecule has 1 aromatic carbocycles. The van der Waals surface area contributed by atoms with Crippen molar-refractivity contribution < 1.29 is 9.53 Å². The summed E-state index contributed by atoms with van der Waals surface area (Å²) in [5.74, 6) is 0.353. The molecule has 1 aromatic rings. The second kappa shape index (κ2) is 6.74. The Bertz CT molecular complexity index is 407. The largest absolute Gasteiger partial charge is 0.495 e. The van der Waals surface area contributed by atoms with Gasteiger partial charge in [0.2, 0.25) is 5.91 Å². The predicted octanol–water partition coefficient (Wildman–Crippen LogP) is 1.37. The van der Waals surface area contributed by atoms with Crippen LogP contribution in [0.4, 0.5) is 11.4 Å². The molecule has 0 unspecified atom stereocenters. The highest BCUT2D eigenvalue weighted by molar-refractivity contribution is 5.74. The fraction of sp³-hybridized carbons (Fsp3) is 0.462. The van der Waals surface area contributed by atoms with Crippen LogP contribution in [0.2, 0.25) is 0 Å². The Morgan fingerprint density at radius 1 is 1.39 bits per heavy atom. The maximum absolute atomic E-state index is 10.9. The maximum atomic E-state index is 10.9. The molecule has 0 fully saturated rings. The van der Waals surface area contributed by atoms with Crippen molar-refractivity contribution in [3.05, 3.63) is 18.2 Å². The van der Waals surface area contributed by atoms with Gasteiger partial charge in [0.25, 0.3) is 0 Å². The van der Waals surface area contributed by atoms with Crippen molar-refractivity contribution in [2.45, 2.75) is 19.8 Å². The fourth-order valence-electron chi connectivity index (χ4n) is 1.78. The molecule has 0 heterocycles. The van der Waals surface area contributed by atoms with E-state index in [0.717, 1.165) is 18.7 Å². The zero-order valence-electron chi connectivity index (χ0n) is 11.0. The first kappa shape index (κ1) is 14.2. The zero-order valence-corrected chi connectivity index (χ0v) is 11.0. The number of primary amides is 1. The van der Waals surface area contributed by atoms with Gasteiger partial charge in [-0.1, -0.05) is 6.92 Å². The number of nitrogens with zero attached hydrogens (tertiary/aromatic N) is 1. The van der Waals surface area contributed by atoms with E-state index in [-0.39, 0.29) is 5.91 Å². The van der Waals surface area contributed by atoms with E-state index in [4.69, 9.17) is 16.2 Å². The molecule has 1 rings (SSSR count). The molecule has 0 saturated carbocycles. The Kier molecular flexibility index (Phi) is 5.30. The van der Waals surface area contributed by atoms with Crippen LogP contribution in [-0.4, -0.2) is 26.1 Å². The molecular formula is C13H21N3O2. The number of benzene rings is 1. The van der Waals surface area contributed by atoms with E-state index in [0.29, 0.717) is 24.4 Å². The summed E-state index contributed by atoms with van der Waals surface area (Å²) < 4.78 is 5.20. The average molecular weight is 251 g/mol. The molecule has 0 radical (unpaired) electrons. The summed E-state index contributed by atoms with van der Waals surface area (Å²) in [5.41, 5.74) is 12.6. The van der Waals surface area contributed by atoms with Gasteiger partial charge in [-0.15, -0.1) is 0 Å². The van der Waals surface area contributed by atoms with E-state index < -0.39 is 0 Å². The van der Waals surface area contributed by atoms with Gasteiger partial charge in [0, 0.05) is 31.3 Å². The van der Waals surface area contributed by atoms with Crippen molar-refractivity contribution in [3.63, 3.8) is 0 Å². The first-order chi connectivity index (χ1) is 8.58. The van der Waals surface area contributed by atoms with Gasteiger partial charge < -0.3 is 21.1 Å². The maximum Gasteiger partial charge on any atom is 0.219 e. The lowest BCUT2D eigenvalue weighted by Gasteiger charge is -2.24. The number of rotatable bonds is 7. The second-order valence-corrected chi connectivity index (χ2v) is 4.13. The fourth-order valence-corrected chi connectivity index (χ4v) is 1.78. The summed E-state index contributed by atoms with van der Waals surface area (Å²) in [6.07, 6.45) is 1.33. The van der Waals surface area contributed by atoms with Crippen LogP contribution in [0.15, 0.2) is 18.2 Å². The summed E-state index contributed by atoms with van der Waals surface area (Å²) in [4.78, 5) is 13.0. The van der Waals surface area contributed by atoms with Gasteiger partial charge in [-0.2, -0.15) is 0 Å². The predicted molar refractivity (Wildman–Crippen MR) is 73.7 cm³/mol. The molecule has 0 aliphatic heterocycles. The molecule has 0 aliphatic rings. The highest BCUT2D eigenvalue weighted by atomic mass is 16.5. The Labute approximate surface area is 108 Å². The first-order valence-corrected chi connectivity index (χ1v) is 6.05. The Morgan fingerprint density at radius 3 is 2.67 bits per heavy atom. The molecule has 4 N–H and O–H groups in total. The van der Waals surface area contributed by atoms with Gasteiger partial charge in [0.15, 0.2) is 0 Å². The monoisotopic (exact) mass is 251 g/mol. The third-order valence-corrected chi connectivity index (χ3v) is 2.70. The topological polar surface area (TPSA) is 81.6 Å². The van der Waals surface area contributed by atoms with Crippen molar-refractivity contribution in [2.75, 3.05) is 30.8 Å². The lowest BCUT2D eigenvalue weighted by Crippen LogP contribution is -2.28. The van der Waals surface area contributed by atoms with Crippen LogP contribution >= 0.6 is 0 Å². The molecule has 0 spiro atoms. The van der Waals surface area contributed by atoms with E-state index in [1.165, 1.54) is 0 Å². The third kappa shape index (κ3) is 3.84. The lowest BCUT2D eigenvalue weighted by molar-refractivity contribution is -0.117. The minimum absolute atomic E-state index is 0.293. The quantitative estimate of drug-likeness (QED) is 0.717. The average Bonchev–Trinajstić information content (AvgIpc) is 2.35. The summed E-state index contributed by atoms with van der Waals surface area (Å²) in [6, 6.07) is 5.61. The normalized spacial score (nSPS) is 10.1. The molecule has 0 bridgehead atoms. The van der Waals surface area contributed by atoms with Crippen LogP contribution in [0, 0.1) is 0 Å². The van der Waals surface area contributed by atoms with Crippen molar-refractivity contribution in [1.82, 2.24) is 0 Å². The number of carbonyl (C=O) groups is 1. The lowest BCUT2D eigenvalue weighted by atomic mass is 10.2. The highest BCUT2D eigenvalue weighted by Crippen LogP contribution is 2.27. The molecule has 0 saturated heterocycles. The van der Waals surface area contributed by atoms with Crippen LogP contribution in [0.25, 0.3) is 0 Å². The summed E-state index contributed by atoms with van der Waals surface area (Å²) in [5, 5.41) is 0. The molecule has 5 heteroatoms. The molecule has 0 atom stereocenters. The van der Waals surface area contributed by atoms with Gasteiger partial charge in [-0.25, -0.2) is 0 Å². The number of nitrogens with two attached hydrogens (primary N) is 2. The van der Waals surface area contributed by atoms with E-state index in [1.807, 2.05) is 12.1 Å². The van der Waals surface area contributed by atoms with Gasteiger partial charge in [0.05, 0.1) is 12.8 Å². The standard InChI is InChI=1S/C13H21N3O2/c1-3-7-16(8-6-13(15)17)10-4-5-11(14)12(9-10)18-2/h4-5,9H,3,6-8,14H2,1-2H3,(H2,15,17). The molecule has 0 aromatic heterocycles. The minimum Gasteiger partial charge on any atom is -0.495 e. The molecule has 18 heavy (non-hydrogen) atoms. The Balaban J connectivity index is 2.87. The number of hydrogen-bond acceptors (Lipinski definition) is 4. The van der Waals surface area contributed by atoms with Gasteiger partial charge in [-0.05, 0) is 18.6 Å². The summed E-state index contributed by atoms with van der Waals surface area (Å²) >= 11 is 0. The summed E-state index contributed by atoms with van der Waals surface area (Å²) in [6.45, 7) is 3.56. The third-order valence-electron chi connectivity index (χ3n) is 2.70. The van der Waals surface area contributed by atoms with E-state index in [9.17, 15) is 4.79 Å². The molecule has 1 amide bonds. The van der Waals surface area contributed by atoms with Crippen LogP contribution in [0.1, 0.15) is 19.8 Å². The number of amides is 1. The molecular weight excluding hydrogens is 230 g/mol. The number of anilines is 2. The van der Waals surface area contributed by atoms with Gasteiger partial charge in [-0.3, -0.25) is 4.79 Å². The Hall–Kier alpha value is -1.91. The number of methoxy groups -OCH3 is 1. The number of carbonyl (C=O) groups excluding carboxylic acids is 1. The van der Waals surface area contributed by atoms with Crippen molar-refractivity contribution in [3.8, 4) is 5.75 Å². The Morgan fingerprint density at radius 2 is 2.11 bits per heavy atom. The van der Waals surface area contributed by atoms with Crippen molar-refractivity contribution in [2.24, 2.45) is 5.73 Å². The van der Waals surface area contributed by atoms with Crippen LogP contribution in [-0.2, 0) is 4.79 Å². The minimum atomic E-state index is -0.293. The van der Waals surface area contributed by atoms with E-state index >= 15 is 0 Å². The number of ether oxygens (including phenoxy) is 1. The summed E-state index contributed by atoms with van der Waals surface area (Å²) in [7, 11) is 1.59. The highest BCUT2D eigenvalue weighted by Gasteiger charge is 2.09. The van der Waals surface area contributed by atoms with Crippen molar-refractivity contribution >= 4 is 17.3 Å².